The Bertz CT molecular complexity index is 2620. The summed E-state index contributed by atoms with van der Waals surface area (Å²) in [5.41, 5.74) is 7.89. The number of fused-ring (bicyclic) bond motifs is 2. The largest absolute Gasteiger partial charge is 0.508 e. The first kappa shape index (κ1) is 53.5. The van der Waals surface area contributed by atoms with Gasteiger partial charge in [-0.05, 0) is 234 Å². The summed E-state index contributed by atoms with van der Waals surface area (Å²) in [4.78, 5) is 32.8. The van der Waals surface area contributed by atoms with Crippen LogP contribution in [0.1, 0.15) is 185 Å². The molecule has 2 aromatic rings. The Labute approximate surface area is 453 Å². The van der Waals surface area contributed by atoms with Crippen LogP contribution in [-0.4, -0.2) is 93.4 Å². The zero-order valence-corrected chi connectivity index (χ0v) is 46.7. The number of carbonyl (C=O) groups is 2. The van der Waals surface area contributed by atoms with E-state index in [9.17, 15) is 25.5 Å². The Morgan fingerprint density at radius 2 is 1.70 bits per heavy atom. The molecule has 0 unspecified atom stereocenters. The minimum atomic E-state index is -0.940. The molecule has 0 aromatic heterocycles. The molecule has 0 radical (unpaired) electrons. The molecule has 8 fully saturated rings. The summed E-state index contributed by atoms with van der Waals surface area (Å²) in [5, 5.41) is 67.3. The molecule has 6 saturated carbocycles. The van der Waals surface area contributed by atoms with Crippen molar-refractivity contribution in [1.29, 1.82) is 0 Å². The van der Waals surface area contributed by atoms with Crippen LogP contribution in [0.15, 0.2) is 53.6 Å². The van der Waals surface area contributed by atoms with Crippen LogP contribution >= 0.6 is 0 Å². The molecule has 2 spiro atoms. The van der Waals surface area contributed by atoms with E-state index in [1.807, 2.05) is 38.2 Å². The van der Waals surface area contributed by atoms with Crippen LogP contribution in [0.5, 0.6) is 5.75 Å². The average molecular weight is 1040 g/mol. The van der Waals surface area contributed by atoms with Crippen molar-refractivity contribution < 1.29 is 39.9 Å². The zero-order valence-electron chi connectivity index (χ0n) is 46.7. The highest BCUT2D eigenvalue weighted by molar-refractivity contribution is 6.01. The van der Waals surface area contributed by atoms with E-state index in [-0.39, 0.29) is 84.2 Å². The molecular weight excluding hydrogens is 951 g/mol. The van der Waals surface area contributed by atoms with E-state index in [1.54, 1.807) is 0 Å². The molecule has 8 aliphatic carbocycles. The summed E-state index contributed by atoms with van der Waals surface area (Å²) < 4.78 is 6.83. The summed E-state index contributed by atoms with van der Waals surface area (Å²) >= 11 is 0. The summed E-state index contributed by atoms with van der Waals surface area (Å²) in [7, 11) is 1.92. The number of allylic oxidation sites excluding steroid dienone is 2. The number of aliphatic hydroxyl groups excluding tert-OH is 3. The summed E-state index contributed by atoms with van der Waals surface area (Å²) in [6.45, 7) is 10.1. The molecule has 0 amide bonds. The Morgan fingerprint density at radius 3 is 2.47 bits per heavy atom. The number of phenols is 1. The third kappa shape index (κ3) is 8.00. The van der Waals surface area contributed by atoms with E-state index in [4.69, 9.17) is 10.5 Å². The van der Waals surface area contributed by atoms with Gasteiger partial charge in [-0.3, -0.25) is 9.59 Å². The summed E-state index contributed by atoms with van der Waals surface area (Å²) in [6.07, 6.45) is 15.4. The number of β-amino-alcohol motifs (C(OH)–C–C–N with tert-alkyl or cyclic N) is 1. The van der Waals surface area contributed by atoms with E-state index >= 15 is 9.59 Å². The van der Waals surface area contributed by atoms with Gasteiger partial charge in [-0.25, -0.2) is 0 Å². The summed E-state index contributed by atoms with van der Waals surface area (Å²) in [5.74, 6) is 1.42. The smallest absolute Gasteiger partial charge is 0.160 e. The van der Waals surface area contributed by atoms with Crippen molar-refractivity contribution >= 4 is 17.3 Å². The maximum Gasteiger partial charge on any atom is 0.160 e. The number of anilines is 1. The zero-order chi connectivity index (χ0) is 53.4. The van der Waals surface area contributed by atoms with Crippen molar-refractivity contribution in [1.82, 2.24) is 10.6 Å². The number of ether oxygens (including phenoxy) is 1. The normalized spacial score (nSPS) is 46.4. The van der Waals surface area contributed by atoms with E-state index in [0.29, 0.717) is 56.9 Å². The topological polar surface area (TPSA) is 198 Å². The number of carbonyl (C=O) groups excluding carboxylic acids is 2. The number of hydrogen-bond donors (Lipinski definition) is 8. The van der Waals surface area contributed by atoms with E-state index in [2.05, 4.69) is 49.6 Å². The lowest BCUT2D eigenvalue weighted by molar-refractivity contribution is -0.232. The van der Waals surface area contributed by atoms with Crippen molar-refractivity contribution in [2.75, 3.05) is 32.5 Å². The van der Waals surface area contributed by atoms with Gasteiger partial charge in [0.2, 0.25) is 0 Å². The van der Waals surface area contributed by atoms with Gasteiger partial charge < -0.3 is 46.6 Å². The Hall–Kier alpha value is -3.16. The molecule has 19 atom stereocenters. The van der Waals surface area contributed by atoms with Crippen molar-refractivity contribution in [2.45, 2.75) is 210 Å². The predicted molar refractivity (Wildman–Crippen MR) is 295 cm³/mol. The van der Waals surface area contributed by atoms with Crippen molar-refractivity contribution in [3.05, 3.63) is 70.3 Å². The first-order chi connectivity index (χ1) is 36.3. The number of aliphatic hydroxyl groups is 4. The molecule has 7 bridgehead atoms. The van der Waals surface area contributed by atoms with Crippen LogP contribution in [0.3, 0.4) is 0 Å². The van der Waals surface area contributed by atoms with E-state index in [1.165, 1.54) is 11.1 Å². The molecule has 11 nitrogen and oxygen atoms in total. The number of nitrogen functional groups attached to an aromatic ring is 1. The number of rotatable bonds is 10. The number of ketones is 2. The molecule has 416 valence electrons. The van der Waals surface area contributed by atoms with E-state index < -0.39 is 44.4 Å². The number of hydrogen-bond acceptors (Lipinski definition) is 11. The van der Waals surface area contributed by atoms with E-state index in [0.717, 1.165) is 125 Å². The van der Waals surface area contributed by atoms with Gasteiger partial charge in [-0.1, -0.05) is 63.3 Å². The monoisotopic (exact) mass is 1040 g/mol. The van der Waals surface area contributed by atoms with Crippen LogP contribution in [0.4, 0.5) is 5.69 Å². The third-order valence-electron chi connectivity index (χ3n) is 24.6. The number of phenolic OH excluding ortho intramolecular Hbond substituents is 1. The van der Waals surface area contributed by atoms with Crippen LogP contribution in [0.2, 0.25) is 0 Å². The first-order valence-corrected chi connectivity index (χ1v) is 30.5. The van der Waals surface area contributed by atoms with Gasteiger partial charge in [-0.15, -0.1) is 0 Å². The molecule has 2 heterocycles. The van der Waals surface area contributed by atoms with Crippen LogP contribution in [0.25, 0.3) is 0 Å². The van der Waals surface area contributed by atoms with Crippen LogP contribution in [0, 0.1) is 69.0 Å². The quantitative estimate of drug-likeness (QED) is 0.0833. The molecule has 76 heavy (non-hydrogen) atoms. The molecule has 9 N–H and O–H groups in total. The number of epoxide rings is 1. The first-order valence-electron chi connectivity index (χ1n) is 30.5. The number of nitrogens with one attached hydrogen (secondary N) is 2. The van der Waals surface area contributed by atoms with Crippen molar-refractivity contribution in [3.8, 4) is 5.75 Å². The molecule has 11 heteroatoms. The second kappa shape index (κ2) is 19.3. The fourth-order valence-corrected chi connectivity index (χ4v) is 22.0. The van der Waals surface area contributed by atoms with Crippen molar-refractivity contribution in [3.63, 3.8) is 0 Å². The third-order valence-corrected chi connectivity index (χ3v) is 24.6. The standard InChI is InChI=1S/C65H93N3O8/c1-59(75)21-6-7-22-60(2)56-51(68-37-59)31-65-42(35-70)18-17-40-16-15-38(34-69)27-47(40)48(30-52(72)57-62(4,76-57)49-14-9-13-46(49)41-11-8-12-44(66)28-41)55-50-19-20-54(65)61(56,3)36-63(58(60)74,23-10-24-64(50,65)32-53(55)73)43-25-39(33-67-5)26-45(71)29-43/h8,11-12,25-26,28-29,38,40,42,46-49,51-52,54,56-57,67-72,75H,6-7,9-10,13-24,27,30-37,66H2,1-5H3/t38-,40+,42+,46+,47+,48-,49-,51-,52+,54+,56-,57+,59+,60+,61-,62+,63-,64-,65+/m0/s1. The van der Waals surface area contributed by atoms with Crippen LogP contribution < -0.4 is 16.4 Å². The van der Waals surface area contributed by atoms with Gasteiger partial charge in [-0.2, -0.15) is 0 Å². The highest BCUT2D eigenvalue weighted by Gasteiger charge is 2.78. The Kier molecular flexibility index (Phi) is 13.5. The number of aromatic hydroxyl groups is 1. The minimum Gasteiger partial charge on any atom is -0.508 e. The maximum atomic E-state index is 16.6. The highest BCUT2D eigenvalue weighted by atomic mass is 16.6. The Balaban J connectivity index is 1.03. The second-order valence-electron chi connectivity index (χ2n) is 28.6. The Morgan fingerprint density at radius 1 is 0.895 bits per heavy atom. The number of Topliss-reactive ketones (excluding diaryl/α,β-unsaturated/α-hetero) is 2. The van der Waals surface area contributed by atoms with Gasteiger partial charge in [0.25, 0.3) is 0 Å². The molecule has 12 rings (SSSR count). The molecule has 10 aliphatic rings. The lowest BCUT2D eigenvalue weighted by Gasteiger charge is -2.74. The van der Waals surface area contributed by atoms with Gasteiger partial charge in [0, 0.05) is 55.3 Å². The second-order valence-corrected chi connectivity index (χ2v) is 28.6. The molecule has 2 aromatic carbocycles. The van der Waals surface area contributed by atoms with Gasteiger partial charge >= 0.3 is 0 Å². The molecule has 2 aliphatic heterocycles. The SMILES string of the molecule is CNCc1cc(O)cc([C@]23CCC[C@]45CC(=O)C6=C4CC[C@@H]4[C@](C)(C2)[C@H]2[C@H](C[C@@]45[C@@H](CO)CC[C@H]4CC[C@H](CO)C[C@H]4[C@@H]6C[C@@H](O)[C@H]4O[C@]4(C)[C@H]4CCC[C@@H]4c4cccc(N)c4)NC[C@](C)(O)CCCC[C@@]2(C)C3=O)c1. The molecular formula is C65H93N3O8. The van der Waals surface area contributed by atoms with Crippen LogP contribution in [-0.2, 0) is 26.3 Å². The maximum absolute atomic E-state index is 16.6. The average Bonchev–Trinajstić information content (AvgIpc) is 3.68. The lowest BCUT2D eigenvalue weighted by atomic mass is 9.30. The summed E-state index contributed by atoms with van der Waals surface area (Å²) in [6, 6.07) is 14.1. The predicted octanol–water partition coefficient (Wildman–Crippen LogP) is 9.59. The van der Waals surface area contributed by atoms with Crippen molar-refractivity contribution in [2.24, 2.45) is 69.0 Å². The van der Waals surface area contributed by atoms with Gasteiger partial charge in [0.05, 0.1) is 22.7 Å². The fraction of sp³-hybridized carbons (Fsp3) is 0.754. The molecule has 2 saturated heterocycles. The minimum absolute atomic E-state index is 0.0235. The number of nitrogens with two attached hydrogens (primary N) is 1. The fourth-order valence-electron chi connectivity index (χ4n) is 22.0. The lowest BCUT2D eigenvalue weighted by Crippen LogP contribution is -2.74. The number of benzene rings is 2. The van der Waals surface area contributed by atoms with Gasteiger partial charge in [0.1, 0.15) is 17.6 Å². The highest BCUT2D eigenvalue weighted by Crippen LogP contribution is 2.80. The van der Waals surface area contributed by atoms with Gasteiger partial charge in [0.15, 0.2) is 5.78 Å².